The number of methoxy groups -OCH3 is 1. The predicted octanol–water partition coefficient (Wildman–Crippen LogP) is 1.58. The Balaban J connectivity index is 3.03. The first-order valence-corrected chi connectivity index (χ1v) is 4.37. The molecule has 0 spiro atoms. The Morgan fingerprint density at radius 2 is 2.29 bits per heavy atom. The molecular weight excluding hydrogens is 182 g/mol. The van der Waals surface area contributed by atoms with Crippen LogP contribution in [0.15, 0.2) is 12.3 Å². The smallest absolute Gasteiger partial charge is 0.338 e. The molecule has 1 heterocycles. The number of hydrogen-bond acceptors (Lipinski definition) is 4. The minimum Gasteiger partial charge on any atom is -0.481 e. The van der Waals surface area contributed by atoms with Gasteiger partial charge in [-0.05, 0) is 19.9 Å². The van der Waals surface area contributed by atoms with Gasteiger partial charge in [0.15, 0.2) is 0 Å². The summed E-state index contributed by atoms with van der Waals surface area (Å²) in [6, 6.07) is 1.62. The van der Waals surface area contributed by atoms with Crippen LogP contribution >= 0.6 is 0 Å². The molecule has 0 N–H and O–H groups in total. The van der Waals surface area contributed by atoms with Crippen molar-refractivity contribution in [2.45, 2.75) is 13.8 Å². The van der Waals surface area contributed by atoms with Crippen molar-refractivity contribution in [2.75, 3.05) is 13.7 Å². The summed E-state index contributed by atoms with van der Waals surface area (Å²) in [5.74, 6) is 0.112. The molecule has 0 aliphatic heterocycles. The molecule has 0 radical (unpaired) electrons. The summed E-state index contributed by atoms with van der Waals surface area (Å²) in [6.45, 7) is 3.91. The quantitative estimate of drug-likeness (QED) is 0.687. The van der Waals surface area contributed by atoms with Crippen LogP contribution in [0, 0.1) is 6.92 Å². The number of pyridine rings is 1. The van der Waals surface area contributed by atoms with E-state index in [0.717, 1.165) is 0 Å². The van der Waals surface area contributed by atoms with Crippen LogP contribution in [0.5, 0.6) is 5.88 Å². The van der Waals surface area contributed by atoms with Gasteiger partial charge in [-0.3, -0.25) is 0 Å². The van der Waals surface area contributed by atoms with E-state index in [9.17, 15) is 4.79 Å². The van der Waals surface area contributed by atoms with Crippen LogP contribution in [-0.2, 0) is 4.74 Å². The monoisotopic (exact) mass is 195 g/mol. The lowest BCUT2D eigenvalue weighted by molar-refractivity contribution is 0.0525. The number of carbonyl (C=O) groups is 1. The van der Waals surface area contributed by atoms with Gasteiger partial charge in [-0.1, -0.05) is 0 Å². The Labute approximate surface area is 82.9 Å². The second kappa shape index (κ2) is 4.60. The summed E-state index contributed by atoms with van der Waals surface area (Å²) in [5, 5.41) is 0. The van der Waals surface area contributed by atoms with E-state index in [1.165, 1.54) is 13.3 Å². The van der Waals surface area contributed by atoms with Gasteiger partial charge in [0, 0.05) is 11.8 Å². The van der Waals surface area contributed by atoms with E-state index in [1.807, 2.05) is 0 Å². The topological polar surface area (TPSA) is 48.4 Å². The summed E-state index contributed by atoms with van der Waals surface area (Å²) in [4.78, 5) is 15.4. The fourth-order valence-electron chi connectivity index (χ4n) is 1.15. The number of nitrogens with zero attached hydrogens (tertiary/aromatic N) is 1. The Kier molecular flexibility index (Phi) is 3.45. The van der Waals surface area contributed by atoms with E-state index in [4.69, 9.17) is 9.47 Å². The average molecular weight is 195 g/mol. The number of aromatic nitrogens is 1. The molecule has 0 saturated heterocycles. The SMILES string of the molecule is CCOC(=O)c1ccnc(OC)c1C. The van der Waals surface area contributed by atoms with Gasteiger partial charge in [0.25, 0.3) is 0 Å². The highest BCUT2D eigenvalue weighted by Crippen LogP contribution is 2.18. The molecule has 14 heavy (non-hydrogen) atoms. The van der Waals surface area contributed by atoms with E-state index < -0.39 is 0 Å². The molecular formula is C10H13NO3. The maximum absolute atomic E-state index is 11.4. The van der Waals surface area contributed by atoms with Gasteiger partial charge in [0.2, 0.25) is 5.88 Å². The number of esters is 1. The predicted molar refractivity (Wildman–Crippen MR) is 51.5 cm³/mol. The van der Waals surface area contributed by atoms with Gasteiger partial charge in [-0.2, -0.15) is 0 Å². The van der Waals surface area contributed by atoms with Crippen LogP contribution < -0.4 is 4.74 Å². The van der Waals surface area contributed by atoms with E-state index in [0.29, 0.717) is 23.6 Å². The molecule has 0 aromatic carbocycles. The zero-order valence-corrected chi connectivity index (χ0v) is 8.53. The summed E-state index contributed by atoms with van der Waals surface area (Å²) in [6.07, 6.45) is 1.53. The normalized spacial score (nSPS) is 9.64. The van der Waals surface area contributed by atoms with Crippen LogP contribution in [0.3, 0.4) is 0 Å². The minimum atomic E-state index is -0.342. The molecule has 4 heteroatoms. The maximum Gasteiger partial charge on any atom is 0.338 e. The molecule has 1 aromatic heterocycles. The second-order valence-electron chi connectivity index (χ2n) is 2.71. The molecule has 0 saturated carbocycles. The Morgan fingerprint density at radius 3 is 2.86 bits per heavy atom. The van der Waals surface area contributed by atoms with Crippen molar-refractivity contribution in [1.82, 2.24) is 4.98 Å². The van der Waals surface area contributed by atoms with Crippen molar-refractivity contribution in [3.63, 3.8) is 0 Å². The zero-order chi connectivity index (χ0) is 10.6. The van der Waals surface area contributed by atoms with Gasteiger partial charge < -0.3 is 9.47 Å². The third kappa shape index (κ3) is 2.02. The first-order chi connectivity index (χ1) is 6.70. The molecule has 0 amide bonds. The van der Waals surface area contributed by atoms with Gasteiger partial charge >= 0.3 is 5.97 Å². The van der Waals surface area contributed by atoms with Crippen molar-refractivity contribution < 1.29 is 14.3 Å². The van der Waals surface area contributed by atoms with E-state index >= 15 is 0 Å². The van der Waals surface area contributed by atoms with Crippen molar-refractivity contribution in [1.29, 1.82) is 0 Å². The lowest BCUT2D eigenvalue weighted by atomic mass is 10.1. The van der Waals surface area contributed by atoms with E-state index in [-0.39, 0.29) is 5.97 Å². The molecule has 4 nitrogen and oxygen atoms in total. The Hall–Kier alpha value is -1.58. The number of carbonyl (C=O) groups excluding carboxylic acids is 1. The molecule has 76 valence electrons. The third-order valence-electron chi connectivity index (χ3n) is 1.85. The minimum absolute atomic E-state index is 0.342. The van der Waals surface area contributed by atoms with Crippen LogP contribution in [0.2, 0.25) is 0 Å². The second-order valence-corrected chi connectivity index (χ2v) is 2.71. The van der Waals surface area contributed by atoms with Crippen LogP contribution in [-0.4, -0.2) is 24.7 Å². The molecule has 0 unspecified atom stereocenters. The standard InChI is InChI=1S/C10H13NO3/c1-4-14-10(12)8-5-6-11-9(13-3)7(8)2/h5-6H,4H2,1-3H3. The zero-order valence-electron chi connectivity index (χ0n) is 8.53. The summed E-state index contributed by atoms with van der Waals surface area (Å²) in [7, 11) is 1.52. The molecule has 0 aliphatic carbocycles. The van der Waals surface area contributed by atoms with Gasteiger partial charge in [0.1, 0.15) is 0 Å². The fourth-order valence-corrected chi connectivity index (χ4v) is 1.15. The fraction of sp³-hybridized carbons (Fsp3) is 0.400. The highest BCUT2D eigenvalue weighted by Gasteiger charge is 2.13. The molecule has 1 rings (SSSR count). The molecule has 0 aliphatic rings. The maximum atomic E-state index is 11.4. The lowest BCUT2D eigenvalue weighted by Crippen LogP contribution is -2.08. The van der Waals surface area contributed by atoms with Crippen LogP contribution in [0.4, 0.5) is 0 Å². The molecule has 0 atom stereocenters. The van der Waals surface area contributed by atoms with Crippen molar-refractivity contribution in [2.24, 2.45) is 0 Å². The summed E-state index contributed by atoms with van der Waals surface area (Å²) in [5.41, 5.74) is 1.20. The van der Waals surface area contributed by atoms with Crippen molar-refractivity contribution in [3.8, 4) is 5.88 Å². The van der Waals surface area contributed by atoms with E-state index in [1.54, 1.807) is 19.9 Å². The number of rotatable bonds is 3. The Bertz CT molecular complexity index is 336. The number of ether oxygens (including phenoxy) is 2. The summed E-state index contributed by atoms with van der Waals surface area (Å²) < 4.78 is 9.88. The molecule has 1 aromatic rings. The van der Waals surface area contributed by atoms with Gasteiger partial charge in [-0.15, -0.1) is 0 Å². The largest absolute Gasteiger partial charge is 0.481 e. The third-order valence-corrected chi connectivity index (χ3v) is 1.85. The first-order valence-electron chi connectivity index (χ1n) is 4.37. The van der Waals surface area contributed by atoms with Crippen LogP contribution in [0.1, 0.15) is 22.8 Å². The van der Waals surface area contributed by atoms with Crippen molar-refractivity contribution >= 4 is 5.97 Å². The lowest BCUT2D eigenvalue weighted by Gasteiger charge is -2.07. The van der Waals surface area contributed by atoms with Gasteiger partial charge in [0.05, 0.1) is 19.3 Å². The highest BCUT2D eigenvalue weighted by molar-refractivity contribution is 5.91. The Morgan fingerprint density at radius 1 is 1.57 bits per heavy atom. The molecule has 0 fully saturated rings. The first kappa shape index (κ1) is 10.5. The highest BCUT2D eigenvalue weighted by atomic mass is 16.5. The van der Waals surface area contributed by atoms with Crippen molar-refractivity contribution in [3.05, 3.63) is 23.4 Å². The average Bonchev–Trinajstić information content (AvgIpc) is 2.18. The van der Waals surface area contributed by atoms with Crippen LogP contribution in [0.25, 0.3) is 0 Å². The van der Waals surface area contributed by atoms with E-state index in [2.05, 4.69) is 4.98 Å². The van der Waals surface area contributed by atoms with Gasteiger partial charge in [-0.25, -0.2) is 9.78 Å². The summed E-state index contributed by atoms with van der Waals surface area (Å²) >= 11 is 0. The molecule has 0 bridgehead atoms. The number of hydrogen-bond donors (Lipinski definition) is 0.